The van der Waals surface area contributed by atoms with Gasteiger partial charge in [-0.1, -0.05) is 18.2 Å². The predicted molar refractivity (Wildman–Crippen MR) is 61.5 cm³/mol. The van der Waals surface area contributed by atoms with Crippen LogP contribution in [0.4, 0.5) is 5.69 Å². The average molecular weight is 221 g/mol. The molecule has 86 valence electrons. The Morgan fingerprint density at radius 2 is 2.19 bits per heavy atom. The maximum absolute atomic E-state index is 10.8. The molecular weight excluding hydrogens is 206 g/mol. The van der Waals surface area contributed by atoms with Gasteiger partial charge in [0.15, 0.2) is 0 Å². The first-order valence-corrected chi connectivity index (χ1v) is 5.44. The van der Waals surface area contributed by atoms with E-state index in [0.717, 1.165) is 25.2 Å². The fourth-order valence-corrected chi connectivity index (χ4v) is 1.98. The van der Waals surface area contributed by atoms with Crippen molar-refractivity contribution in [1.82, 2.24) is 10.6 Å². The van der Waals surface area contributed by atoms with Gasteiger partial charge in [0.25, 0.3) is 5.69 Å². The van der Waals surface area contributed by atoms with Gasteiger partial charge in [0, 0.05) is 37.3 Å². The summed E-state index contributed by atoms with van der Waals surface area (Å²) in [6, 6.07) is 7.22. The van der Waals surface area contributed by atoms with Crippen molar-refractivity contribution in [2.45, 2.75) is 12.5 Å². The van der Waals surface area contributed by atoms with Gasteiger partial charge in [0.2, 0.25) is 0 Å². The summed E-state index contributed by atoms with van der Waals surface area (Å²) in [4.78, 5) is 10.5. The summed E-state index contributed by atoms with van der Waals surface area (Å²) in [5, 5.41) is 17.5. The molecule has 0 amide bonds. The second kappa shape index (κ2) is 5.05. The van der Waals surface area contributed by atoms with Gasteiger partial charge >= 0.3 is 0 Å². The molecule has 0 aliphatic carbocycles. The highest BCUT2D eigenvalue weighted by atomic mass is 16.6. The molecule has 1 atom stereocenters. The van der Waals surface area contributed by atoms with Crippen molar-refractivity contribution in [3.8, 4) is 0 Å². The normalized spacial score (nSPS) is 20.6. The number of rotatable bonds is 3. The molecule has 5 heteroatoms. The van der Waals surface area contributed by atoms with Crippen LogP contribution < -0.4 is 10.6 Å². The summed E-state index contributed by atoms with van der Waals surface area (Å²) < 4.78 is 0. The number of nitrogens with zero attached hydrogens (tertiary/aromatic N) is 1. The molecule has 1 heterocycles. The van der Waals surface area contributed by atoms with E-state index in [9.17, 15) is 10.1 Å². The Morgan fingerprint density at radius 1 is 1.38 bits per heavy atom. The molecule has 16 heavy (non-hydrogen) atoms. The molecule has 0 aromatic heterocycles. The minimum Gasteiger partial charge on any atom is -0.314 e. The van der Waals surface area contributed by atoms with Crippen LogP contribution in [0.25, 0.3) is 0 Å². The molecule has 0 unspecified atom stereocenters. The molecular formula is C11H15N3O2. The monoisotopic (exact) mass is 221 g/mol. The summed E-state index contributed by atoms with van der Waals surface area (Å²) in [5.74, 6) is 0. The van der Waals surface area contributed by atoms with Crippen molar-refractivity contribution in [2.24, 2.45) is 0 Å². The van der Waals surface area contributed by atoms with E-state index in [1.807, 2.05) is 12.1 Å². The second-order valence-corrected chi connectivity index (χ2v) is 3.95. The van der Waals surface area contributed by atoms with E-state index in [1.54, 1.807) is 12.1 Å². The van der Waals surface area contributed by atoms with Gasteiger partial charge in [0.1, 0.15) is 0 Å². The molecule has 2 N–H and O–H groups in total. The van der Waals surface area contributed by atoms with Crippen LogP contribution in [0.5, 0.6) is 0 Å². The first kappa shape index (κ1) is 11.0. The molecule has 0 bridgehead atoms. The van der Waals surface area contributed by atoms with Crippen LogP contribution in [0, 0.1) is 10.1 Å². The lowest BCUT2D eigenvalue weighted by molar-refractivity contribution is -0.385. The Balaban J connectivity index is 2.10. The zero-order valence-corrected chi connectivity index (χ0v) is 8.98. The van der Waals surface area contributed by atoms with Crippen LogP contribution in [0.1, 0.15) is 5.56 Å². The van der Waals surface area contributed by atoms with Gasteiger partial charge < -0.3 is 10.6 Å². The van der Waals surface area contributed by atoms with Crippen LogP contribution in [-0.4, -0.2) is 30.6 Å². The number of hydrogen-bond donors (Lipinski definition) is 2. The second-order valence-electron chi connectivity index (χ2n) is 3.95. The third-order valence-corrected chi connectivity index (χ3v) is 2.78. The summed E-state index contributed by atoms with van der Waals surface area (Å²) in [6.07, 6.45) is 0.699. The lowest BCUT2D eigenvalue weighted by Crippen LogP contribution is -2.49. The van der Waals surface area contributed by atoms with Crippen LogP contribution in [-0.2, 0) is 6.42 Å². The van der Waals surface area contributed by atoms with Gasteiger partial charge in [-0.2, -0.15) is 0 Å². The summed E-state index contributed by atoms with van der Waals surface area (Å²) >= 11 is 0. The first-order valence-electron chi connectivity index (χ1n) is 5.44. The highest BCUT2D eigenvalue weighted by Crippen LogP contribution is 2.19. The fourth-order valence-electron chi connectivity index (χ4n) is 1.98. The molecule has 1 saturated heterocycles. The van der Waals surface area contributed by atoms with Crippen molar-refractivity contribution in [3.63, 3.8) is 0 Å². The maximum Gasteiger partial charge on any atom is 0.272 e. The standard InChI is InChI=1S/C11H15N3O2/c15-14(16)11-4-2-1-3-9(11)7-10-8-12-5-6-13-10/h1-4,10,12-13H,5-8H2/t10-/m1/s1. The molecule has 1 aliphatic heterocycles. The van der Waals surface area contributed by atoms with Crippen molar-refractivity contribution < 1.29 is 4.92 Å². The largest absolute Gasteiger partial charge is 0.314 e. The van der Waals surface area contributed by atoms with Gasteiger partial charge in [-0.05, 0) is 6.42 Å². The van der Waals surface area contributed by atoms with Crippen LogP contribution in [0.15, 0.2) is 24.3 Å². The van der Waals surface area contributed by atoms with E-state index in [-0.39, 0.29) is 16.7 Å². The predicted octanol–water partition coefficient (Wildman–Crippen LogP) is 0.699. The SMILES string of the molecule is O=[N+]([O-])c1ccccc1C[C@@H]1CNCCN1. The minimum absolute atomic E-state index is 0.217. The Kier molecular flexibility index (Phi) is 3.48. The third kappa shape index (κ3) is 2.56. The van der Waals surface area contributed by atoms with E-state index in [2.05, 4.69) is 10.6 Å². The van der Waals surface area contributed by atoms with Crippen molar-refractivity contribution in [1.29, 1.82) is 0 Å². The number of para-hydroxylation sites is 1. The Morgan fingerprint density at radius 3 is 2.88 bits per heavy atom. The first-order chi connectivity index (χ1) is 7.77. The lowest BCUT2D eigenvalue weighted by atomic mass is 10.0. The quantitative estimate of drug-likeness (QED) is 0.582. The van der Waals surface area contributed by atoms with E-state index in [1.165, 1.54) is 0 Å². The summed E-state index contributed by atoms with van der Waals surface area (Å²) in [6.45, 7) is 2.75. The molecule has 0 radical (unpaired) electrons. The molecule has 1 aromatic carbocycles. The molecule has 1 fully saturated rings. The van der Waals surface area contributed by atoms with Crippen LogP contribution in [0.3, 0.4) is 0 Å². The number of nitro groups is 1. The van der Waals surface area contributed by atoms with E-state index in [4.69, 9.17) is 0 Å². The molecule has 0 spiro atoms. The van der Waals surface area contributed by atoms with E-state index < -0.39 is 0 Å². The summed E-state index contributed by atoms with van der Waals surface area (Å²) in [7, 11) is 0. The van der Waals surface area contributed by atoms with E-state index in [0.29, 0.717) is 6.42 Å². The lowest BCUT2D eigenvalue weighted by Gasteiger charge is -2.24. The number of piperazine rings is 1. The zero-order chi connectivity index (χ0) is 11.4. The molecule has 1 aromatic rings. The molecule has 1 aliphatic rings. The number of nitro benzene ring substituents is 1. The van der Waals surface area contributed by atoms with Crippen LogP contribution >= 0.6 is 0 Å². The number of benzene rings is 1. The van der Waals surface area contributed by atoms with Gasteiger partial charge in [-0.15, -0.1) is 0 Å². The van der Waals surface area contributed by atoms with Crippen LogP contribution in [0.2, 0.25) is 0 Å². The third-order valence-electron chi connectivity index (χ3n) is 2.78. The van der Waals surface area contributed by atoms with Crippen molar-refractivity contribution in [3.05, 3.63) is 39.9 Å². The van der Waals surface area contributed by atoms with Gasteiger partial charge in [0.05, 0.1) is 4.92 Å². The Hall–Kier alpha value is -1.46. The fraction of sp³-hybridized carbons (Fsp3) is 0.455. The van der Waals surface area contributed by atoms with Gasteiger partial charge in [-0.25, -0.2) is 0 Å². The molecule has 0 saturated carbocycles. The van der Waals surface area contributed by atoms with Crippen molar-refractivity contribution in [2.75, 3.05) is 19.6 Å². The smallest absolute Gasteiger partial charge is 0.272 e. The molecule has 2 rings (SSSR count). The minimum atomic E-state index is -0.314. The topological polar surface area (TPSA) is 67.2 Å². The number of hydrogen-bond acceptors (Lipinski definition) is 4. The average Bonchev–Trinajstić information content (AvgIpc) is 2.31. The van der Waals surface area contributed by atoms with E-state index >= 15 is 0 Å². The van der Waals surface area contributed by atoms with Crippen molar-refractivity contribution >= 4 is 5.69 Å². The Labute approximate surface area is 94.0 Å². The summed E-state index contributed by atoms with van der Waals surface area (Å²) in [5.41, 5.74) is 1.02. The highest BCUT2D eigenvalue weighted by molar-refractivity contribution is 5.40. The maximum atomic E-state index is 10.8. The Bertz CT molecular complexity index is 375. The molecule has 5 nitrogen and oxygen atoms in total. The highest BCUT2D eigenvalue weighted by Gasteiger charge is 2.18. The number of nitrogens with one attached hydrogen (secondary N) is 2. The van der Waals surface area contributed by atoms with Gasteiger partial charge in [-0.3, -0.25) is 10.1 Å². The zero-order valence-electron chi connectivity index (χ0n) is 8.98.